The number of rotatable bonds is 3. The molecule has 3 nitrogen and oxygen atoms in total. The second-order valence-corrected chi connectivity index (χ2v) is 5.92. The molecule has 0 aliphatic heterocycles. The van der Waals surface area contributed by atoms with E-state index in [0.29, 0.717) is 0 Å². The van der Waals surface area contributed by atoms with E-state index in [0.717, 1.165) is 30.6 Å². The Bertz CT molecular complexity index is 518. The lowest BCUT2D eigenvalue weighted by molar-refractivity contribution is 0.268. The first-order valence-electron chi connectivity index (χ1n) is 7.47. The van der Waals surface area contributed by atoms with Crippen molar-refractivity contribution in [2.24, 2.45) is 0 Å². The zero-order valence-corrected chi connectivity index (χ0v) is 11.6. The number of fused-ring (bicyclic) bond motifs is 1. The molecule has 3 rings (SSSR count). The Balaban J connectivity index is 1.94. The van der Waals surface area contributed by atoms with Crippen LogP contribution in [0.4, 0.5) is 5.82 Å². The Hall–Kier alpha value is -1.56. The average Bonchev–Trinajstić information content (AvgIpc) is 2.42. The van der Waals surface area contributed by atoms with Crippen molar-refractivity contribution >= 4 is 5.82 Å². The molecule has 0 spiro atoms. The SMILES string of the molecule is CCC1(Nc2nc3c(cc2C#N)CCCC3)CCC1. The Morgan fingerprint density at radius 3 is 2.74 bits per heavy atom. The van der Waals surface area contributed by atoms with Gasteiger partial charge >= 0.3 is 0 Å². The summed E-state index contributed by atoms with van der Waals surface area (Å²) in [5.41, 5.74) is 3.41. The van der Waals surface area contributed by atoms with Gasteiger partial charge in [-0.2, -0.15) is 5.26 Å². The Morgan fingerprint density at radius 2 is 2.11 bits per heavy atom. The zero-order chi connectivity index (χ0) is 13.3. The van der Waals surface area contributed by atoms with E-state index in [9.17, 15) is 5.26 Å². The first-order chi connectivity index (χ1) is 9.26. The van der Waals surface area contributed by atoms with E-state index >= 15 is 0 Å². The number of nitrogens with one attached hydrogen (secondary N) is 1. The summed E-state index contributed by atoms with van der Waals surface area (Å²) in [6.07, 6.45) is 9.39. The van der Waals surface area contributed by atoms with Crippen LogP contribution in [-0.2, 0) is 12.8 Å². The first kappa shape index (κ1) is 12.5. The average molecular weight is 255 g/mol. The maximum Gasteiger partial charge on any atom is 0.144 e. The van der Waals surface area contributed by atoms with Gasteiger partial charge in [0.2, 0.25) is 0 Å². The third-order valence-electron chi connectivity index (χ3n) is 4.79. The van der Waals surface area contributed by atoms with Gasteiger partial charge in [-0.05, 0) is 63.0 Å². The van der Waals surface area contributed by atoms with Crippen LogP contribution in [0.15, 0.2) is 6.07 Å². The molecule has 0 atom stereocenters. The molecule has 100 valence electrons. The highest BCUT2D eigenvalue weighted by atomic mass is 15.1. The summed E-state index contributed by atoms with van der Waals surface area (Å²) in [5.74, 6) is 0.824. The van der Waals surface area contributed by atoms with E-state index in [4.69, 9.17) is 4.98 Å². The molecule has 0 amide bonds. The number of anilines is 1. The lowest BCUT2D eigenvalue weighted by atomic mass is 9.75. The molecule has 19 heavy (non-hydrogen) atoms. The van der Waals surface area contributed by atoms with Gasteiger partial charge in [0, 0.05) is 11.2 Å². The van der Waals surface area contributed by atoms with Crippen molar-refractivity contribution in [3.8, 4) is 6.07 Å². The van der Waals surface area contributed by atoms with Gasteiger partial charge in [-0.15, -0.1) is 0 Å². The summed E-state index contributed by atoms with van der Waals surface area (Å²) in [6.45, 7) is 2.22. The van der Waals surface area contributed by atoms with Gasteiger partial charge in [0.05, 0.1) is 5.56 Å². The molecule has 0 aromatic carbocycles. The highest BCUT2D eigenvalue weighted by molar-refractivity contribution is 5.56. The number of hydrogen-bond donors (Lipinski definition) is 1. The summed E-state index contributed by atoms with van der Waals surface area (Å²) >= 11 is 0. The Labute approximate surface area is 115 Å². The Kier molecular flexibility index (Phi) is 3.18. The standard InChI is InChI=1S/C16H21N3/c1-2-16(8-5-9-16)19-15-13(11-17)10-12-6-3-4-7-14(12)18-15/h10H,2-9H2,1H3,(H,18,19). The zero-order valence-electron chi connectivity index (χ0n) is 11.6. The molecule has 0 radical (unpaired) electrons. The third-order valence-corrected chi connectivity index (χ3v) is 4.79. The molecule has 1 saturated carbocycles. The second kappa shape index (κ2) is 4.85. The molecule has 0 bridgehead atoms. The van der Waals surface area contributed by atoms with Crippen LogP contribution in [0.25, 0.3) is 0 Å². The Morgan fingerprint density at radius 1 is 1.32 bits per heavy atom. The fourth-order valence-corrected chi connectivity index (χ4v) is 3.24. The van der Waals surface area contributed by atoms with Crippen LogP contribution in [0, 0.1) is 11.3 Å². The highest BCUT2D eigenvalue weighted by Crippen LogP contribution is 2.38. The largest absolute Gasteiger partial charge is 0.364 e. The van der Waals surface area contributed by atoms with Crippen molar-refractivity contribution in [2.75, 3.05) is 5.32 Å². The minimum atomic E-state index is 0.196. The molecule has 1 N–H and O–H groups in total. The number of aryl methyl sites for hydroxylation is 2. The van der Waals surface area contributed by atoms with E-state index in [-0.39, 0.29) is 5.54 Å². The van der Waals surface area contributed by atoms with E-state index in [1.807, 2.05) is 0 Å². The lowest BCUT2D eigenvalue weighted by Gasteiger charge is -2.42. The fraction of sp³-hybridized carbons (Fsp3) is 0.625. The summed E-state index contributed by atoms with van der Waals surface area (Å²) in [6, 6.07) is 4.38. The van der Waals surface area contributed by atoms with Gasteiger partial charge in [-0.1, -0.05) is 6.92 Å². The second-order valence-electron chi connectivity index (χ2n) is 5.92. The number of hydrogen-bond acceptors (Lipinski definition) is 3. The summed E-state index contributed by atoms with van der Waals surface area (Å²) in [7, 11) is 0. The lowest BCUT2D eigenvalue weighted by Crippen LogP contribution is -2.44. The predicted molar refractivity (Wildman–Crippen MR) is 76.1 cm³/mol. The van der Waals surface area contributed by atoms with E-state index in [2.05, 4.69) is 24.4 Å². The number of aromatic nitrogens is 1. The molecule has 1 heterocycles. The van der Waals surface area contributed by atoms with Crippen molar-refractivity contribution < 1.29 is 0 Å². The van der Waals surface area contributed by atoms with Crippen LogP contribution in [0.3, 0.4) is 0 Å². The van der Waals surface area contributed by atoms with Crippen molar-refractivity contribution in [1.29, 1.82) is 5.26 Å². The van der Waals surface area contributed by atoms with E-state index in [1.54, 1.807) is 0 Å². The van der Waals surface area contributed by atoms with Crippen molar-refractivity contribution in [2.45, 2.75) is 63.8 Å². The van der Waals surface area contributed by atoms with Crippen molar-refractivity contribution in [3.63, 3.8) is 0 Å². The van der Waals surface area contributed by atoms with Crippen molar-refractivity contribution in [3.05, 3.63) is 22.9 Å². The predicted octanol–water partition coefficient (Wildman–Crippen LogP) is 3.58. The molecule has 2 aliphatic rings. The van der Waals surface area contributed by atoms with Gasteiger partial charge in [0.1, 0.15) is 11.9 Å². The highest BCUT2D eigenvalue weighted by Gasteiger charge is 2.36. The first-order valence-corrected chi connectivity index (χ1v) is 7.47. The molecule has 0 unspecified atom stereocenters. The number of pyridine rings is 1. The van der Waals surface area contributed by atoms with Gasteiger partial charge in [0.15, 0.2) is 0 Å². The van der Waals surface area contributed by atoms with Crippen LogP contribution in [-0.4, -0.2) is 10.5 Å². The summed E-state index contributed by atoms with van der Waals surface area (Å²) < 4.78 is 0. The maximum atomic E-state index is 9.35. The molecular weight excluding hydrogens is 234 g/mol. The van der Waals surface area contributed by atoms with Crippen molar-refractivity contribution in [1.82, 2.24) is 4.98 Å². The van der Waals surface area contributed by atoms with Gasteiger partial charge in [0.25, 0.3) is 0 Å². The molecule has 2 aliphatic carbocycles. The molecule has 1 aromatic heterocycles. The van der Waals surface area contributed by atoms with Crippen LogP contribution >= 0.6 is 0 Å². The molecular formula is C16H21N3. The molecule has 0 saturated heterocycles. The quantitative estimate of drug-likeness (QED) is 0.898. The van der Waals surface area contributed by atoms with Crippen LogP contribution in [0.5, 0.6) is 0 Å². The third kappa shape index (κ3) is 2.20. The minimum Gasteiger partial charge on any atom is -0.364 e. The smallest absolute Gasteiger partial charge is 0.144 e. The summed E-state index contributed by atoms with van der Waals surface area (Å²) in [4.78, 5) is 4.77. The van der Waals surface area contributed by atoms with Gasteiger partial charge in [-0.25, -0.2) is 4.98 Å². The minimum absolute atomic E-state index is 0.196. The number of nitriles is 1. The van der Waals surface area contributed by atoms with Crippen LogP contribution in [0.1, 0.15) is 62.3 Å². The summed E-state index contributed by atoms with van der Waals surface area (Å²) in [5, 5.41) is 12.9. The van der Waals surface area contributed by atoms with E-state index in [1.165, 1.54) is 43.4 Å². The maximum absolute atomic E-state index is 9.35. The number of nitrogens with zero attached hydrogens (tertiary/aromatic N) is 2. The molecule has 1 aromatic rings. The normalized spacial score (nSPS) is 20.0. The topological polar surface area (TPSA) is 48.7 Å². The monoisotopic (exact) mass is 255 g/mol. The molecule has 3 heteroatoms. The molecule has 1 fully saturated rings. The fourth-order valence-electron chi connectivity index (χ4n) is 3.24. The van der Waals surface area contributed by atoms with Gasteiger partial charge in [-0.3, -0.25) is 0 Å². The van der Waals surface area contributed by atoms with Crippen LogP contribution < -0.4 is 5.32 Å². The van der Waals surface area contributed by atoms with Gasteiger partial charge < -0.3 is 5.32 Å². The van der Waals surface area contributed by atoms with E-state index < -0.39 is 0 Å². The van der Waals surface area contributed by atoms with Crippen LogP contribution in [0.2, 0.25) is 0 Å².